The van der Waals surface area contributed by atoms with Crippen molar-refractivity contribution >= 4 is 57.9 Å². The van der Waals surface area contributed by atoms with Gasteiger partial charge in [-0.1, -0.05) is 35.2 Å². The van der Waals surface area contributed by atoms with E-state index in [1.807, 2.05) is 24.3 Å². The molecular weight excluding hydrogens is 568 g/mol. The molecule has 1 fully saturated rings. The highest BCUT2D eigenvalue weighted by Crippen LogP contribution is 2.54. The van der Waals surface area contributed by atoms with E-state index in [0.29, 0.717) is 9.90 Å². The maximum absolute atomic E-state index is 14.0. The molecule has 2 amide bonds. The lowest BCUT2D eigenvalue weighted by Crippen LogP contribution is -2.32. The number of nitro benzene ring substituents is 1. The Morgan fingerprint density at radius 1 is 1.00 bits per heavy atom. The minimum atomic E-state index is -0.861. The first-order chi connectivity index (χ1) is 19.7. The van der Waals surface area contributed by atoms with Crippen molar-refractivity contribution in [3.8, 4) is 0 Å². The van der Waals surface area contributed by atoms with Crippen LogP contribution in [0.1, 0.15) is 37.1 Å². The number of amides is 2. The Balaban J connectivity index is 1.61. The number of nitrogens with zero attached hydrogens (tertiary/aromatic N) is 4. The van der Waals surface area contributed by atoms with Crippen molar-refractivity contribution in [1.82, 2.24) is 4.57 Å². The molecule has 0 bridgehead atoms. The summed E-state index contributed by atoms with van der Waals surface area (Å²) in [5.41, 5.74) is 1.86. The fraction of sp³-hybridized carbons (Fsp3) is 0.357. The molecule has 3 heterocycles. The van der Waals surface area contributed by atoms with Gasteiger partial charge in [0.05, 0.1) is 28.2 Å². The minimum absolute atomic E-state index is 0.157. The Morgan fingerprint density at radius 3 is 2.24 bits per heavy atom. The van der Waals surface area contributed by atoms with Gasteiger partial charge in [-0.15, -0.1) is 0 Å². The average molecular weight is 597 g/mol. The zero-order valence-electron chi connectivity index (χ0n) is 22.6. The Hall–Kier alpha value is -3.97. The first-order valence-electron chi connectivity index (χ1n) is 13.2. The van der Waals surface area contributed by atoms with E-state index < -0.39 is 39.8 Å². The maximum Gasteiger partial charge on any atom is 0.326 e. The summed E-state index contributed by atoms with van der Waals surface area (Å²) in [6.07, 6.45) is 0. The first-order valence-corrected chi connectivity index (χ1v) is 14.9. The summed E-state index contributed by atoms with van der Waals surface area (Å²) >= 11 is 2.07. The Morgan fingerprint density at radius 2 is 1.66 bits per heavy atom. The highest BCUT2D eigenvalue weighted by molar-refractivity contribution is 8.00. The number of fused-ring (bicyclic) bond motifs is 2. The van der Waals surface area contributed by atoms with Crippen LogP contribution in [0, 0.1) is 16.0 Å². The van der Waals surface area contributed by atoms with E-state index in [4.69, 9.17) is 4.74 Å². The monoisotopic (exact) mass is 596 g/mol. The van der Waals surface area contributed by atoms with Crippen LogP contribution in [0.15, 0.2) is 58.4 Å². The SMILES string of the molecule is CCOC(=O)Cn1c2c(sc1=O)[C@H](c1ccc(N(CC)CC)cc1)C1C(=O)N(c3ccc([N+](=O)[O-])cc3)C(=O)C1S2. The molecule has 2 aliphatic rings. The zero-order valence-corrected chi connectivity index (χ0v) is 24.3. The van der Waals surface area contributed by atoms with Crippen LogP contribution in [-0.4, -0.2) is 52.2 Å². The molecule has 0 radical (unpaired) electrons. The van der Waals surface area contributed by atoms with Crippen molar-refractivity contribution in [3.63, 3.8) is 0 Å². The van der Waals surface area contributed by atoms with Crippen molar-refractivity contribution in [2.75, 3.05) is 29.5 Å². The van der Waals surface area contributed by atoms with Crippen LogP contribution in [0.3, 0.4) is 0 Å². The molecule has 1 aromatic heterocycles. The van der Waals surface area contributed by atoms with E-state index in [2.05, 4.69) is 18.7 Å². The third-order valence-electron chi connectivity index (χ3n) is 7.34. The number of imide groups is 1. The van der Waals surface area contributed by atoms with E-state index in [1.54, 1.807) is 6.92 Å². The van der Waals surface area contributed by atoms with Gasteiger partial charge >= 0.3 is 10.8 Å². The summed E-state index contributed by atoms with van der Waals surface area (Å²) in [7, 11) is 0. The number of thioether (sulfide) groups is 1. The summed E-state index contributed by atoms with van der Waals surface area (Å²) < 4.78 is 6.39. The van der Waals surface area contributed by atoms with E-state index in [0.717, 1.165) is 52.3 Å². The van der Waals surface area contributed by atoms with Crippen LogP contribution in [0.4, 0.5) is 17.1 Å². The zero-order chi connectivity index (χ0) is 29.4. The second-order valence-electron chi connectivity index (χ2n) is 9.52. The first kappa shape index (κ1) is 28.6. The largest absolute Gasteiger partial charge is 0.465 e. The van der Waals surface area contributed by atoms with Crippen molar-refractivity contribution < 1.29 is 24.0 Å². The van der Waals surface area contributed by atoms with E-state index >= 15 is 0 Å². The number of thiazole rings is 1. The Bertz CT molecular complexity index is 1560. The number of benzene rings is 2. The molecule has 41 heavy (non-hydrogen) atoms. The average Bonchev–Trinajstić information content (AvgIpc) is 3.40. The number of anilines is 2. The van der Waals surface area contributed by atoms with Crippen molar-refractivity contribution in [2.45, 2.75) is 43.5 Å². The van der Waals surface area contributed by atoms with Crippen molar-refractivity contribution in [1.29, 1.82) is 0 Å². The lowest BCUT2D eigenvalue weighted by molar-refractivity contribution is -0.384. The number of rotatable bonds is 9. The molecule has 0 spiro atoms. The van der Waals surface area contributed by atoms with Gasteiger partial charge in [0, 0.05) is 41.7 Å². The molecule has 0 aliphatic carbocycles. The fourth-order valence-corrected chi connectivity index (χ4v) is 8.18. The predicted molar refractivity (Wildman–Crippen MR) is 156 cm³/mol. The van der Waals surface area contributed by atoms with Gasteiger partial charge in [-0.25, -0.2) is 4.90 Å². The normalized spacial score (nSPS) is 19.6. The van der Waals surface area contributed by atoms with Gasteiger partial charge in [-0.05, 0) is 50.6 Å². The maximum atomic E-state index is 14.0. The molecule has 0 N–H and O–H groups in total. The molecule has 5 rings (SSSR count). The fourth-order valence-electron chi connectivity index (χ4n) is 5.41. The number of hydrogen-bond donors (Lipinski definition) is 0. The second kappa shape index (κ2) is 11.5. The number of carbonyl (C=O) groups excluding carboxylic acids is 3. The highest BCUT2D eigenvalue weighted by Gasteiger charge is 2.56. The van der Waals surface area contributed by atoms with Crippen molar-refractivity contribution in [3.05, 3.63) is 78.8 Å². The summed E-state index contributed by atoms with van der Waals surface area (Å²) in [5.74, 6) is -2.91. The number of non-ortho nitro benzene ring substituents is 1. The van der Waals surface area contributed by atoms with Crippen LogP contribution < -0.4 is 14.7 Å². The summed E-state index contributed by atoms with van der Waals surface area (Å²) in [5, 5.41) is 10.7. The van der Waals surface area contributed by atoms with Gasteiger partial charge in [-0.2, -0.15) is 0 Å². The molecule has 3 atom stereocenters. The number of aromatic nitrogens is 1. The molecule has 0 saturated carbocycles. The lowest BCUT2D eigenvalue weighted by Gasteiger charge is -2.31. The predicted octanol–water partition coefficient (Wildman–Crippen LogP) is 4.02. The number of nitro groups is 1. The molecular formula is C28H28N4O7S2. The number of carbonyl (C=O) groups is 3. The van der Waals surface area contributed by atoms with E-state index in [9.17, 15) is 29.3 Å². The Kier molecular flexibility index (Phi) is 8.00. The molecule has 2 unspecified atom stereocenters. The topological polar surface area (TPSA) is 132 Å². The summed E-state index contributed by atoms with van der Waals surface area (Å²) in [6.45, 7) is 7.30. The molecule has 13 heteroatoms. The lowest BCUT2D eigenvalue weighted by atomic mass is 9.83. The van der Waals surface area contributed by atoms with Gasteiger partial charge < -0.3 is 9.64 Å². The van der Waals surface area contributed by atoms with Crippen LogP contribution in [0.25, 0.3) is 0 Å². The molecule has 2 aromatic carbocycles. The summed E-state index contributed by atoms with van der Waals surface area (Å²) in [4.78, 5) is 67.3. The van der Waals surface area contributed by atoms with Crippen LogP contribution in [0.2, 0.25) is 0 Å². The van der Waals surface area contributed by atoms with Gasteiger partial charge in [0.25, 0.3) is 5.69 Å². The molecule has 11 nitrogen and oxygen atoms in total. The molecule has 214 valence electrons. The number of hydrogen-bond acceptors (Lipinski definition) is 10. The molecule has 3 aromatic rings. The standard InChI is InChI=1S/C28H28N4O7S2/c1-4-29(5-2)17-9-7-16(8-10-17)21-22-23(40-27-24(21)41-28(36)30(27)15-20(33)39-6-3)26(35)31(25(22)34)18-11-13-19(14-12-18)32(37)38/h7-14,21-23H,4-6,15H2,1-3H3/t21-,22?,23?/m1/s1. The van der Waals surface area contributed by atoms with Gasteiger partial charge in [0.15, 0.2) is 0 Å². The third-order valence-corrected chi connectivity index (χ3v) is 9.95. The van der Waals surface area contributed by atoms with Crippen LogP contribution >= 0.6 is 23.1 Å². The van der Waals surface area contributed by atoms with E-state index in [1.165, 1.54) is 28.8 Å². The third kappa shape index (κ3) is 5.04. The van der Waals surface area contributed by atoms with Crippen LogP contribution in [0.5, 0.6) is 0 Å². The quantitative estimate of drug-likeness (QED) is 0.155. The van der Waals surface area contributed by atoms with Crippen LogP contribution in [-0.2, 0) is 25.7 Å². The highest BCUT2D eigenvalue weighted by atomic mass is 32.2. The Labute approximate surface area is 243 Å². The number of esters is 1. The smallest absolute Gasteiger partial charge is 0.326 e. The van der Waals surface area contributed by atoms with Gasteiger partial charge in [0.2, 0.25) is 11.8 Å². The number of ether oxygens (including phenoxy) is 1. The summed E-state index contributed by atoms with van der Waals surface area (Å²) in [6, 6.07) is 13.0. The van der Waals surface area contributed by atoms with Gasteiger partial charge in [-0.3, -0.25) is 33.9 Å². The van der Waals surface area contributed by atoms with Gasteiger partial charge in [0.1, 0.15) is 11.8 Å². The minimum Gasteiger partial charge on any atom is -0.465 e. The van der Waals surface area contributed by atoms with Crippen molar-refractivity contribution in [2.24, 2.45) is 5.92 Å². The molecule has 1 saturated heterocycles. The molecule has 2 aliphatic heterocycles. The van der Waals surface area contributed by atoms with E-state index in [-0.39, 0.29) is 29.4 Å². The second-order valence-corrected chi connectivity index (χ2v) is 11.6.